The van der Waals surface area contributed by atoms with E-state index in [-0.39, 0.29) is 17.3 Å². The van der Waals surface area contributed by atoms with Crippen LogP contribution in [0.5, 0.6) is 0 Å². The minimum atomic E-state index is -3.22. The molecule has 1 heterocycles. The Bertz CT molecular complexity index is 1040. The predicted octanol–water partition coefficient (Wildman–Crippen LogP) is 3.46. The van der Waals surface area contributed by atoms with Gasteiger partial charge in [-0.1, -0.05) is 55.0 Å². The third-order valence-electron chi connectivity index (χ3n) is 6.01. The molecule has 2 aromatic rings. The second-order valence-electron chi connectivity index (χ2n) is 8.88. The molecule has 0 atom stereocenters. The number of hydrogen-bond acceptors (Lipinski definition) is 5. The Morgan fingerprint density at radius 3 is 2.07 bits per heavy atom. The molecule has 0 aliphatic carbocycles. The van der Waals surface area contributed by atoms with E-state index in [0.717, 1.165) is 5.56 Å². The summed E-state index contributed by atoms with van der Waals surface area (Å²) in [6.07, 6.45) is 0. The molecule has 30 heavy (non-hydrogen) atoms. The fourth-order valence-electron chi connectivity index (χ4n) is 3.29. The lowest BCUT2D eigenvalue weighted by atomic mass is 9.73. The number of carbonyl (C=O) groups excluding carboxylic acids is 1. The molecule has 7 heteroatoms. The number of ketones is 1. The number of rotatable bonds is 6. The van der Waals surface area contributed by atoms with Crippen molar-refractivity contribution in [3.05, 3.63) is 64.7 Å². The summed E-state index contributed by atoms with van der Waals surface area (Å²) in [5.74, 6) is -0.178. The third-order valence-corrected chi connectivity index (χ3v) is 7.66. The molecule has 1 aliphatic heterocycles. The Balaban J connectivity index is 2.08. The molecule has 0 aromatic heterocycles. The van der Waals surface area contributed by atoms with Gasteiger partial charge >= 0.3 is 7.12 Å². The van der Waals surface area contributed by atoms with Gasteiger partial charge in [0.05, 0.1) is 17.0 Å². The van der Waals surface area contributed by atoms with Gasteiger partial charge in [0.2, 0.25) is 0 Å². The van der Waals surface area contributed by atoms with Crippen LogP contribution in [0.1, 0.15) is 61.7 Å². The Hall–Kier alpha value is -1.96. The van der Waals surface area contributed by atoms with Crippen molar-refractivity contribution in [2.75, 3.05) is 5.75 Å². The van der Waals surface area contributed by atoms with E-state index >= 15 is 0 Å². The average molecular weight is 428 g/mol. The van der Waals surface area contributed by atoms with Crippen LogP contribution in [-0.4, -0.2) is 38.3 Å². The van der Waals surface area contributed by atoms with Crippen molar-refractivity contribution in [1.82, 2.24) is 0 Å². The van der Waals surface area contributed by atoms with E-state index in [9.17, 15) is 13.2 Å². The van der Waals surface area contributed by atoms with E-state index in [0.29, 0.717) is 22.2 Å². The molecule has 2 aromatic carbocycles. The van der Waals surface area contributed by atoms with Gasteiger partial charge in [-0.3, -0.25) is 4.79 Å². The summed E-state index contributed by atoms with van der Waals surface area (Å²) in [5.41, 5.74) is 2.10. The first-order chi connectivity index (χ1) is 13.9. The van der Waals surface area contributed by atoms with Crippen molar-refractivity contribution < 1.29 is 22.5 Å². The van der Waals surface area contributed by atoms with E-state index in [2.05, 4.69) is 0 Å². The fourth-order valence-corrected chi connectivity index (χ4v) is 4.18. The van der Waals surface area contributed by atoms with Gasteiger partial charge in [-0.05, 0) is 45.6 Å². The lowest BCUT2D eigenvalue weighted by Crippen LogP contribution is -2.41. The van der Waals surface area contributed by atoms with Crippen molar-refractivity contribution in [2.24, 2.45) is 0 Å². The van der Waals surface area contributed by atoms with Crippen LogP contribution in [0, 0.1) is 6.92 Å². The molecule has 3 rings (SSSR count). The highest BCUT2D eigenvalue weighted by Crippen LogP contribution is 2.37. The standard InChI is InChI=1S/C23H29BO5S/c1-7-30(26,27)15-17-10-13-19(21(25)18-11-8-16(2)9-12-18)20(14-17)24-28-22(3,4)23(5,6)29-24/h8-14H,7,15H2,1-6H3. The second-order valence-corrected chi connectivity index (χ2v) is 11.2. The zero-order chi connectivity index (χ0) is 22.3. The number of sulfone groups is 1. The van der Waals surface area contributed by atoms with Crippen molar-refractivity contribution in [2.45, 2.75) is 58.5 Å². The van der Waals surface area contributed by atoms with Gasteiger partial charge in [-0.15, -0.1) is 0 Å². The molecule has 0 spiro atoms. The smallest absolute Gasteiger partial charge is 0.399 e. The SMILES string of the molecule is CCS(=O)(=O)Cc1ccc(C(=O)c2ccc(C)cc2)c(B2OC(C)(C)C(C)(C)O2)c1. The summed E-state index contributed by atoms with van der Waals surface area (Å²) in [4.78, 5) is 13.3. The summed E-state index contributed by atoms with van der Waals surface area (Å²) >= 11 is 0. The van der Waals surface area contributed by atoms with Crippen LogP contribution in [0.2, 0.25) is 0 Å². The van der Waals surface area contributed by atoms with Crippen molar-refractivity contribution in [3.63, 3.8) is 0 Å². The maximum Gasteiger partial charge on any atom is 0.495 e. The molecule has 0 radical (unpaired) electrons. The molecule has 0 amide bonds. The minimum Gasteiger partial charge on any atom is -0.399 e. The van der Waals surface area contributed by atoms with Gasteiger partial charge < -0.3 is 9.31 Å². The Morgan fingerprint density at radius 1 is 0.967 bits per heavy atom. The Kier molecular flexibility index (Phi) is 6.02. The summed E-state index contributed by atoms with van der Waals surface area (Å²) < 4.78 is 36.7. The van der Waals surface area contributed by atoms with Gasteiger partial charge in [0.15, 0.2) is 15.6 Å². The van der Waals surface area contributed by atoms with Crippen LogP contribution in [0.15, 0.2) is 42.5 Å². The van der Waals surface area contributed by atoms with Gasteiger partial charge in [0.25, 0.3) is 0 Å². The summed E-state index contributed by atoms with van der Waals surface area (Å²) in [5, 5.41) is 0. The minimum absolute atomic E-state index is 0.0584. The average Bonchev–Trinajstić information content (AvgIpc) is 2.89. The molecule has 1 aliphatic rings. The van der Waals surface area contributed by atoms with Crippen LogP contribution in [0.25, 0.3) is 0 Å². The van der Waals surface area contributed by atoms with Gasteiger partial charge in [0, 0.05) is 16.9 Å². The largest absolute Gasteiger partial charge is 0.495 e. The van der Waals surface area contributed by atoms with Crippen molar-refractivity contribution in [3.8, 4) is 0 Å². The molecule has 0 saturated carbocycles. The van der Waals surface area contributed by atoms with E-state index in [1.165, 1.54) is 0 Å². The molecule has 0 unspecified atom stereocenters. The van der Waals surface area contributed by atoms with E-state index < -0.39 is 28.2 Å². The van der Waals surface area contributed by atoms with E-state index in [4.69, 9.17) is 9.31 Å². The zero-order valence-corrected chi connectivity index (χ0v) is 19.3. The quantitative estimate of drug-likeness (QED) is 0.521. The lowest BCUT2D eigenvalue weighted by molar-refractivity contribution is 0.00578. The summed E-state index contributed by atoms with van der Waals surface area (Å²) in [6.45, 7) is 11.4. The van der Waals surface area contributed by atoms with Gasteiger partial charge in [0.1, 0.15) is 0 Å². The molecular weight excluding hydrogens is 399 g/mol. The Morgan fingerprint density at radius 2 is 1.53 bits per heavy atom. The van der Waals surface area contributed by atoms with Crippen LogP contribution in [0.4, 0.5) is 0 Å². The number of aryl methyl sites for hydroxylation is 1. The Labute approximate surface area is 179 Å². The van der Waals surface area contributed by atoms with E-state index in [1.54, 1.807) is 37.3 Å². The fraction of sp³-hybridized carbons (Fsp3) is 0.435. The second kappa shape index (κ2) is 7.95. The maximum atomic E-state index is 13.3. The first-order valence-corrected chi connectivity index (χ1v) is 12.0. The van der Waals surface area contributed by atoms with Crippen molar-refractivity contribution in [1.29, 1.82) is 0 Å². The molecule has 5 nitrogen and oxygen atoms in total. The molecule has 1 saturated heterocycles. The molecule has 1 fully saturated rings. The first-order valence-electron chi connectivity index (χ1n) is 10.2. The summed E-state index contributed by atoms with van der Waals surface area (Å²) in [7, 11) is -3.98. The van der Waals surface area contributed by atoms with Crippen LogP contribution in [-0.2, 0) is 24.9 Å². The zero-order valence-electron chi connectivity index (χ0n) is 18.5. The first kappa shape index (κ1) is 22.7. The molecular formula is C23H29BO5S. The number of carbonyl (C=O) groups is 1. The van der Waals surface area contributed by atoms with E-state index in [1.807, 2.05) is 46.8 Å². The van der Waals surface area contributed by atoms with Crippen LogP contribution in [0.3, 0.4) is 0 Å². The molecule has 0 bridgehead atoms. The number of benzene rings is 2. The third kappa shape index (κ3) is 4.53. The van der Waals surface area contributed by atoms with Crippen molar-refractivity contribution >= 4 is 28.2 Å². The predicted molar refractivity (Wildman–Crippen MR) is 120 cm³/mol. The highest BCUT2D eigenvalue weighted by atomic mass is 32.2. The molecule has 160 valence electrons. The van der Waals surface area contributed by atoms with Gasteiger partial charge in [-0.25, -0.2) is 8.42 Å². The number of hydrogen-bond donors (Lipinski definition) is 0. The highest BCUT2D eigenvalue weighted by molar-refractivity contribution is 7.90. The molecule has 0 N–H and O–H groups in total. The monoisotopic (exact) mass is 428 g/mol. The topological polar surface area (TPSA) is 69.7 Å². The lowest BCUT2D eigenvalue weighted by Gasteiger charge is -2.32. The van der Waals surface area contributed by atoms with Crippen LogP contribution < -0.4 is 5.46 Å². The summed E-state index contributed by atoms with van der Waals surface area (Å²) in [6, 6.07) is 12.5. The van der Waals surface area contributed by atoms with Crippen LogP contribution >= 0.6 is 0 Å². The van der Waals surface area contributed by atoms with Gasteiger partial charge in [-0.2, -0.15) is 0 Å². The normalized spacial score (nSPS) is 17.9. The maximum absolute atomic E-state index is 13.3. The highest BCUT2D eigenvalue weighted by Gasteiger charge is 2.52.